The number of hydrogen-bond acceptors (Lipinski definition) is 0. The van der Waals surface area contributed by atoms with Crippen LogP contribution in [0.4, 0.5) is 0 Å². The van der Waals surface area contributed by atoms with Crippen LogP contribution in [-0.2, 0) is 0 Å². The summed E-state index contributed by atoms with van der Waals surface area (Å²) in [7, 11) is 0. The van der Waals surface area contributed by atoms with E-state index in [0.29, 0.717) is 5.41 Å². The largest absolute Gasteiger partial charge is 0.103 e. The minimum atomic E-state index is 0.586. The summed E-state index contributed by atoms with van der Waals surface area (Å²) >= 11 is 0. The second kappa shape index (κ2) is 6.07. The first-order valence-corrected chi connectivity index (χ1v) is 7.56. The molecule has 0 nitrogen and oxygen atoms in total. The van der Waals surface area contributed by atoms with Crippen LogP contribution in [0.1, 0.15) is 66.7 Å². The fourth-order valence-electron chi connectivity index (χ4n) is 3.66. The Labute approximate surface area is 109 Å². The average Bonchev–Trinajstić information content (AvgIpc) is 2.63. The van der Waals surface area contributed by atoms with Gasteiger partial charge in [0.05, 0.1) is 0 Å². The zero-order valence-electron chi connectivity index (χ0n) is 12.6. The molecule has 0 aromatic heterocycles. The number of allylic oxidation sites excluding steroid dienone is 1. The van der Waals surface area contributed by atoms with Gasteiger partial charge in [-0.2, -0.15) is 0 Å². The van der Waals surface area contributed by atoms with E-state index in [0.717, 1.165) is 23.7 Å². The molecule has 0 aliphatic heterocycles. The molecular weight excluding hydrogens is 204 g/mol. The lowest BCUT2D eigenvalue weighted by Gasteiger charge is -2.28. The quantitative estimate of drug-likeness (QED) is 0.520. The number of rotatable bonds is 6. The van der Waals surface area contributed by atoms with Crippen molar-refractivity contribution in [2.45, 2.75) is 66.7 Å². The second-order valence-electron chi connectivity index (χ2n) is 6.99. The monoisotopic (exact) mass is 236 g/mol. The Morgan fingerprint density at radius 1 is 1.29 bits per heavy atom. The summed E-state index contributed by atoms with van der Waals surface area (Å²) < 4.78 is 0. The summed E-state index contributed by atoms with van der Waals surface area (Å²) in [6, 6.07) is 0. The fraction of sp³-hybridized carbons (Fsp3) is 0.882. The molecule has 4 atom stereocenters. The maximum Gasteiger partial charge on any atom is -0.0200 e. The Morgan fingerprint density at radius 2 is 1.94 bits per heavy atom. The predicted octanol–water partition coefficient (Wildman–Crippen LogP) is 5.69. The fourth-order valence-corrected chi connectivity index (χ4v) is 3.66. The van der Waals surface area contributed by atoms with Gasteiger partial charge in [0.1, 0.15) is 0 Å². The molecule has 0 heterocycles. The van der Waals surface area contributed by atoms with Crippen LogP contribution in [-0.4, -0.2) is 0 Å². The highest BCUT2D eigenvalue weighted by atomic mass is 14.5. The van der Waals surface area contributed by atoms with E-state index in [2.05, 4.69) is 47.3 Å². The van der Waals surface area contributed by atoms with Gasteiger partial charge in [0.15, 0.2) is 0 Å². The van der Waals surface area contributed by atoms with Crippen LogP contribution in [0.15, 0.2) is 12.7 Å². The standard InChI is InChI=1S/C17H32/c1-7-9-10-17(6)11-15(8-2)16(12-17)14(5)13(3)4/h8,13-16H,2,7,9-12H2,1,3-6H3. The Morgan fingerprint density at radius 3 is 2.41 bits per heavy atom. The minimum Gasteiger partial charge on any atom is -0.103 e. The van der Waals surface area contributed by atoms with Crippen LogP contribution in [0.2, 0.25) is 0 Å². The highest BCUT2D eigenvalue weighted by Crippen LogP contribution is 2.52. The summed E-state index contributed by atoms with van der Waals surface area (Å²) in [6.45, 7) is 16.1. The Bertz CT molecular complexity index is 240. The van der Waals surface area contributed by atoms with Crippen molar-refractivity contribution in [3.63, 3.8) is 0 Å². The van der Waals surface area contributed by atoms with E-state index in [1.165, 1.54) is 32.1 Å². The van der Waals surface area contributed by atoms with E-state index in [1.54, 1.807) is 0 Å². The van der Waals surface area contributed by atoms with Crippen molar-refractivity contribution in [2.24, 2.45) is 29.1 Å². The van der Waals surface area contributed by atoms with Crippen LogP contribution in [0.25, 0.3) is 0 Å². The molecule has 0 amide bonds. The van der Waals surface area contributed by atoms with E-state index in [4.69, 9.17) is 0 Å². The third kappa shape index (κ3) is 3.60. The van der Waals surface area contributed by atoms with Gasteiger partial charge in [-0.3, -0.25) is 0 Å². The molecule has 0 saturated heterocycles. The van der Waals surface area contributed by atoms with Crippen molar-refractivity contribution in [2.75, 3.05) is 0 Å². The smallest absolute Gasteiger partial charge is 0.0200 e. The van der Waals surface area contributed by atoms with E-state index in [-0.39, 0.29) is 0 Å². The van der Waals surface area contributed by atoms with Crippen molar-refractivity contribution >= 4 is 0 Å². The van der Waals surface area contributed by atoms with Gasteiger partial charge >= 0.3 is 0 Å². The van der Waals surface area contributed by atoms with Gasteiger partial charge in [0.2, 0.25) is 0 Å². The molecule has 100 valence electrons. The van der Waals surface area contributed by atoms with Gasteiger partial charge in [0, 0.05) is 0 Å². The highest BCUT2D eigenvalue weighted by Gasteiger charge is 2.42. The average molecular weight is 236 g/mol. The van der Waals surface area contributed by atoms with E-state index >= 15 is 0 Å². The number of unbranched alkanes of at least 4 members (excludes halogenated alkanes) is 1. The first kappa shape index (κ1) is 14.8. The molecule has 0 bridgehead atoms. The van der Waals surface area contributed by atoms with Crippen LogP contribution < -0.4 is 0 Å². The summed E-state index contributed by atoms with van der Waals surface area (Å²) in [5.74, 6) is 3.26. The van der Waals surface area contributed by atoms with E-state index < -0.39 is 0 Å². The van der Waals surface area contributed by atoms with E-state index in [9.17, 15) is 0 Å². The van der Waals surface area contributed by atoms with Gasteiger partial charge < -0.3 is 0 Å². The molecule has 4 unspecified atom stereocenters. The van der Waals surface area contributed by atoms with Gasteiger partial charge in [-0.15, -0.1) is 6.58 Å². The molecule has 1 aliphatic carbocycles. The topological polar surface area (TPSA) is 0 Å². The molecule has 1 saturated carbocycles. The van der Waals surface area contributed by atoms with Crippen LogP contribution >= 0.6 is 0 Å². The number of hydrogen-bond donors (Lipinski definition) is 0. The molecule has 0 spiro atoms. The van der Waals surface area contributed by atoms with Gasteiger partial charge in [0.25, 0.3) is 0 Å². The third-order valence-corrected chi connectivity index (χ3v) is 5.17. The van der Waals surface area contributed by atoms with Gasteiger partial charge in [-0.1, -0.05) is 53.5 Å². The molecule has 17 heavy (non-hydrogen) atoms. The maximum absolute atomic E-state index is 4.08. The Balaban J connectivity index is 2.70. The molecule has 1 rings (SSSR count). The highest BCUT2D eigenvalue weighted by molar-refractivity contribution is 4.99. The second-order valence-corrected chi connectivity index (χ2v) is 6.99. The molecule has 0 aromatic carbocycles. The lowest BCUT2D eigenvalue weighted by Crippen LogP contribution is -2.20. The SMILES string of the molecule is C=CC1CC(C)(CCCC)CC1C(C)C(C)C. The summed E-state index contributed by atoms with van der Waals surface area (Å²) in [5, 5.41) is 0. The zero-order valence-corrected chi connectivity index (χ0v) is 12.6. The summed E-state index contributed by atoms with van der Waals surface area (Å²) in [5.41, 5.74) is 0.586. The molecule has 0 aromatic rings. The molecule has 1 aliphatic rings. The lowest BCUT2D eigenvalue weighted by atomic mass is 9.77. The first-order chi connectivity index (χ1) is 7.93. The van der Waals surface area contributed by atoms with Crippen molar-refractivity contribution in [3.05, 3.63) is 12.7 Å². The molecular formula is C17H32. The lowest BCUT2D eigenvalue weighted by molar-refractivity contribution is 0.224. The van der Waals surface area contributed by atoms with Gasteiger partial charge in [-0.25, -0.2) is 0 Å². The minimum absolute atomic E-state index is 0.586. The Kier molecular flexibility index (Phi) is 5.28. The Hall–Kier alpha value is -0.260. The predicted molar refractivity (Wildman–Crippen MR) is 78.0 cm³/mol. The summed E-state index contributed by atoms with van der Waals surface area (Å²) in [6.07, 6.45) is 9.17. The summed E-state index contributed by atoms with van der Waals surface area (Å²) in [4.78, 5) is 0. The van der Waals surface area contributed by atoms with Crippen LogP contribution in [0.5, 0.6) is 0 Å². The van der Waals surface area contributed by atoms with Crippen LogP contribution in [0, 0.1) is 29.1 Å². The molecule has 0 N–H and O–H groups in total. The van der Waals surface area contributed by atoms with Crippen molar-refractivity contribution in [1.29, 1.82) is 0 Å². The van der Waals surface area contributed by atoms with Crippen molar-refractivity contribution in [3.8, 4) is 0 Å². The third-order valence-electron chi connectivity index (χ3n) is 5.17. The molecule has 0 radical (unpaired) electrons. The van der Waals surface area contributed by atoms with Gasteiger partial charge in [-0.05, 0) is 48.3 Å². The van der Waals surface area contributed by atoms with Crippen molar-refractivity contribution in [1.82, 2.24) is 0 Å². The van der Waals surface area contributed by atoms with Crippen LogP contribution in [0.3, 0.4) is 0 Å². The normalized spacial score (nSPS) is 35.2. The maximum atomic E-state index is 4.08. The van der Waals surface area contributed by atoms with Crippen molar-refractivity contribution < 1.29 is 0 Å². The zero-order chi connectivity index (χ0) is 13.1. The van der Waals surface area contributed by atoms with E-state index in [1.807, 2.05) is 0 Å². The molecule has 1 fully saturated rings. The first-order valence-electron chi connectivity index (χ1n) is 7.56. The molecule has 0 heteroatoms.